The molecule has 0 spiro atoms. The summed E-state index contributed by atoms with van der Waals surface area (Å²) >= 11 is 0. The fourth-order valence-corrected chi connectivity index (χ4v) is 3.18. The van der Waals surface area contributed by atoms with Crippen LogP contribution < -0.4 is 10.2 Å². The molecule has 0 atom stereocenters. The van der Waals surface area contributed by atoms with Gasteiger partial charge >= 0.3 is 0 Å². The molecule has 1 saturated heterocycles. The summed E-state index contributed by atoms with van der Waals surface area (Å²) in [7, 11) is 2.13. The van der Waals surface area contributed by atoms with E-state index in [0.29, 0.717) is 5.56 Å². The first-order valence-corrected chi connectivity index (χ1v) is 8.87. The predicted molar refractivity (Wildman–Crippen MR) is 102 cm³/mol. The number of anilines is 2. The Hall–Kier alpha value is -2.40. The van der Waals surface area contributed by atoms with Gasteiger partial charge in [0.1, 0.15) is 0 Å². The second-order valence-corrected chi connectivity index (χ2v) is 6.64. The molecular weight excluding hydrogens is 312 g/mol. The van der Waals surface area contributed by atoms with Crippen molar-refractivity contribution in [3.8, 4) is 0 Å². The molecule has 0 bridgehead atoms. The van der Waals surface area contributed by atoms with Gasteiger partial charge in [0, 0.05) is 38.1 Å². The normalized spacial score (nSPS) is 15.2. The second-order valence-electron chi connectivity index (χ2n) is 6.64. The number of rotatable bonds is 4. The Labute approximate surface area is 149 Å². The van der Waals surface area contributed by atoms with E-state index in [2.05, 4.69) is 40.1 Å². The van der Waals surface area contributed by atoms with E-state index in [1.54, 1.807) is 6.20 Å². The highest BCUT2D eigenvalue weighted by atomic mass is 16.1. The van der Waals surface area contributed by atoms with Crippen molar-refractivity contribution in [2.75, 3.05) is 43.4 Å². The van der Waals surface area contributed by atoms with E-state index in [1.165, 1.54) is 0 Å². The summed E-state index contributed by atoms with van der Waals surface area (Å²) in [4.78, 5) is 21.6. The summed E-state index contributed by atoms with van der Waals surface area (Å²) in [6, 6.07) is 8.05. The van der Waals surface area contributed by atoms with Crippen molar-refractivity contribution in [1.82, 2.24) is 9.88 Å². The molecule has 25 heavy (non-hydrogen) atoms. The number of pyridine rings is 1. The maximum Gasteiger partial charge on any atom is 0.257 e. The molecule has 1 aromatic heterocycles. The van der Waals surface area contributed by atoms with E-state index in [-0.39, 0.29) is 5.91 Å². The Balaban J connectivity index is 1.78. The van der Waals surface area contributed by atoms with Crippen molar-refractivity contribution in [3.63, 3.8) is 0 Å². The molecule has 0 saturated carbocycles. The fourth-order valence-electron chi connectivity index (χ4n) is 3.18. The molecule has 132 valence electrons. The fraction of sp³-hybridized carbons (Fsp3) is 0.400. The number of carbonyl (C=O) groups excluding carboxylic acids is 1. The number of carbonyl (C=O) groups is 1. The molecule has 5 heteroatoms. The van der Waals surface area contributed by atoms with E-state index in [4.69, 9.17) is 0 Å². The van der Waals surface area contributed by atoms with Crippen molar-refractivity contribution in [2.24, 2.45) is 0 Å². The van der Waals surface area contributed by atoms with Crippen LogP contribution >= 0.6 is 0 Å². The van der Waals surface area contributed by atoms with Gasteiger partial charge in [-0.25, -0.2) is 0 Å². The van der Waals surface area contributed by atoms with Gasteiger partial charge in [-0.3, -0.25) is 9.78 Å². The van der Waals surface area contributed by atoms with Gasteiger partial charge in [0.25, 0.3) is 5.91 Å². The van der Waals surface area contributed by atoms with E-state index in [1.807, 2.05) is 31.3 Å². The van der Waals surface area contributed by atoms with E-state index >= 15 is 0 Å². The number of aromatic nitrogens is 1. The molecule has 1 amide bonds. The molecule has 3 rings (SSSR count). The van der Waals surface area contributed by atoms with Crippen LogP contribution in [0.3, 0.4) is 0 Å². The Morgan fingerprint density at radius 1 is 1.20 bits per heavy atom. The molecule has 1 N–H and O–H groups in total. The number of hydrogen-bond donors (Lipinski definition) is 1. The van der Waals surface area contributed by atoms with E-state index in [0.717, 1.165) is 55.1 Å². The van der Waals surface area contributed by atoms with Crippen LogP contribution in [0.1, 0.15) is 28.4 Å². The minimum atomic E-state index is -0.104. The summed E-state index contributed by atoms with van der Waals surface area (Å²) in [6.45, 7) is 8.09. The first-order chi connectivity index (χ1) is 12.1. The van der Waals surface area contributed by atoms with E-state index in [9.17, 15) is 4.79 Å². The topological polar surface area (TPSA) is 48.5 Å². The zero-order valence-corrected chi connectivity index (χ0v) is 15.2. The molecule has 0 aliphatic carbocycles. The molecule has 0 unspecified atom stereocenters. The van der Waals surface area contributed by atoms with Crippen molar-refractivity contribution in [2.45, 2.75) is 20.3 Å². The molecule has 1 aromatic carbocycles. The first-order valence-electron chi connectivity index (χ1n) is 8.87. The van der Waals surface area contributed by atoms with Gasteiger partial charge in [0.05, 0.1) is 17.4 Å². The molecule has 1 aliphatic heterocycles. The Kier molecular flexibility index (Phi) is 5.34. The van der Waals surface area contributed by atoms with Crippen LogP contribution in [-0.2, 0) is 6.42 Å². The van der Waals surface area contributed by atoms with Crippen LogP contribution in [0, 0.1) is 6.92 Å². The maximum absolute atomic E-state index is 12.7. The SMILES string of the molecule is CCc1cccc(C)c1NC(=O)c1cncc(N2CCN(C)CC2)c1. The minimum Gasteiger partial charge on any atom is -0.368 e. The van der Waals surface area contributed by atoms with Gasteiger partial charge in [0.15, 0.2) is 0 Å². The number of hydrogen-bond acceptors (Lipinski definition) is 4. The highest BCUT2D eigenvalue weighted by Gasteiger charge is 2.17. The molecule has 1 fully saturated rings. The average molecular weight is 338 g/mol. The van der Waals surface area contributed by atoms with Crippen molar-refractivity contribution in [1.29, 1.82) is 0 Å². The number of piperazine rings is 1. The summed E-state index contributed by atoms with van der Waals surface area (Å²) in [6.07, 6.45) is 4.36. The first kappa shape index (κ1) is 17.4. The number of likely N-dealkylation sites (N-methyl/N-ethyl adjacent to an activating group) is 1. The number of nitrogens with zero attached hydrogens (tertiary/aromatic N) is 3. The maximum atomic E-state index is 12.7. The monoisotopic (exact) mass is 338 g/mol. The van der Waals surface area contributed by atoms with Gasteiger partial charge in [-0.1, -0.05) is 25.1 Å². The zero-order chi connectivity index (χ0) is 17.8. The van der Waals surface area contributed by atoms with Crippen LogP contribution in [0.15, 0.2) is 36.7 Å². The lowest BCUT2D eigenvalue weighted by molar-refractivity contribution is 0.102. The van der Waals surface area contributed by atoms with E-state index < -0.39 is 0 Å². The van der Waals surface area contributed by atoms with Gasteiger partial charge in [-0.05, 0) is 37.6 Å². The van der Waals surface area contributed by atoms with Crippen LogP contribution in [0.5, 0.6) is 0 Å². The number of benzene rings is 1. The Morgan fingerprint density at radius 3 is 2.68 bits per heavy atom. The summed E-state index contributed by atoms with van der Waals surface area (Å²) < 4.78 is 0. The van der Waals surface area contributed by atoms with Crippen molar-refractivity contribution in [3.05, 3.63) is 53.3 Å². The molecule has 0 radical (unpaired) electrons. The third-order valence-electron chi connectivity index (χ3n) is 4.83. The lowest BCUT2D eigenvalue weighted by Crippen LogP contribution is -2.44. The Morgan fingerprint density at radius 2 is 1.96 bits per heavy atom. The predicted octanol–water partition coefficient (Wildman–Crippen LogP) is 2.96. The second kappa shape index (κ2) is 7.66. The standard InChI is InChI=1S/C20H26N4O/c1-4-16-7-5-6-15(2)19(16)22-20(25)17-12-18(14-21-13-17)24-10-8-23(3)9-11-24/h5-7,12-14H,4,8-11H2,1-3H3,(H,22,25). The molecule has 2 aromatic rings. The van der Waals surface area contributed by atoms with Crippen LogP contribution in [-0.4, -0.2) is 49.0 Å². The number of nitrogens with one attached hydrogen (secondary N) is 1. The smallest absolute Gasteiger partial charge is 0.257 e. The largest absolute Gasteiger partial charge is 0.368 e. The van der Waals surface area contributed by atoms with Crippen LogP contribution in [0.25, 0.3) is 0 Å². The molecule has 1 aliphatic rings. The molecule has 2 heterocycles. The lowest BCUT2D eigenvalue weighted by Gasteiger charge is -2.33. The van der Waals surface area contributed by atoms with Crippen LogP contribution in [0.2, 0.25) is 0 Å². The lowest BCUT2D eigenvalue weighted by atomic mass is 10.1. The van der Waals surface area contributed by atoms with Gasteiger partial charge in [-0.2, -0.15) is 0 Å². The zero-order valence-electron chi connectivity index (χ0n) is 15.2. The molecular formula is C20H26N4O. The van der Waals surface area contributed by atoms with Gasteiger partial charge < -0.3 is 15.1 Å². The van der Waals surface area contributed by atoms with Crippen molar-refractivity contribution < 1.29 is 4.79 Å². The molecule has 5 nitrogen and oxygen atoms in total. The third-order valence-corrected chi connectivity index (χ3v) is 4.83. The summed E-state index contributed by atoms with van der Waals surface area (Å²) in [5.41, 5.74) is 4.76. The minimum absolute atomic E-state index is 0.104. The third kappa shape index (κ3) is 3.99. The van der Waals surface area contributed by atoms with Gasteiger partial charge in [0.2, 0.25) is 0 Å². The highest BCUT2D eigenvalue weighted by Crippen LogP contribution is 2.23. The Bertz CT molecular complexity index is 751. The van der Waals surface area contributed by atoms with Crippen LogP contribution in [0.4, 0.5) is 11.4 Å². The van der Waals surface area contributed by atoms with Gasteiger partial charge in [-0.15, -0.1) is 0 Å². The number of amides is 1. The summed E-state index contributed by atoms with van der Waals surface area (Å²) in [5, 5.41) is 3.08. The average Bonchev–Trinajstić information content (AvgIpc) is 2.64. The quantitative estimate of drug-likeness (QED) is 0.931. The number of aryl methyl sites for hydroxylation is 2. The highest BCUT2D eigenvalue weighted by molar-refractivity contribution is 6.05. The summed E-state index contributed by atoms with van der Waals surface area (Å²) in [5.74, 6) is -0.104. The number of para-hydroxylation sites is 1. The van der Waals surface area contributed by atoms with Crippen molar-refractivity contribution >= 4 is 17.3 Å².